The number of anilines is 1. The molecule has 6 nitrogen and oxygen atoms in total. The fourth-order valence-corrected chi connectivity index (χ4v) is 5.95. The summed E-state index contributed by atoms with van der Waals surface area (Å²) in [7, 11) is 1.89. The number of aryl methyl sites for hydroxylation is 2. The molecule has 5 heterocycles. The maximum atomic E-state index is 14.5. The molecular weight excluding hydrogens is 460 g/mol. The van der Waals surface area contributed by atoms with Crippen LogP contribution in [0.25, 0.3) is 33.3 Å². The number of nitrogens with zero attached hydrogens (tertiary/aromatic N) is 4. The van der Waals surface area contributed by atoms with E-state index in [2.05, 4.69) is 9.55 Å². The first-order valence-electron chi connectivity index (χ1n) is 12.0. The van der Waals surface area contributed by atoms with Gasteiger partial charge in [-0.05, 0) is 55.8 Å². The van der Waals surface area contributed by atoms with Crippen LogP contribution in [0.4, 0.5) is 14.6 Å². The van der Waals surface area contributed by atoms with Gasteiger partial charge in [-0.3, -0.25) is 4.68 Å². The highest BCUT2D eigenvalue weighted by atomic mass is 19.1. The maximum absolute atomic E-state index is 14.5. The van der Waals surface area contributed by atoms with Crippen molar-refractivity contribution in [3.05, 3.63) is 83.3 Å². The third-order valence-corrected chi connectivity index (χ3v) is 7.45. The van der Waals surface area contributed by atoms with E-state index in [4.69, 9.17) is 15.6 Å². The van der Waals surface area contributed by atoms with Gasteiger partial charge < -0.3 is 15.0 Å². The van der Waals surface area contributed by atoms with Crippen LogP contribution < -0.4 is 10.5 Å². The van der Waals surface area contributed by atoms with Gasteiger partial charge in [0, 0.05) is 76.3 Å². The Kier molecular flexibility index (Phi) is 4.34. The zero-order valence-corrected chi connectivity index (χ0v) is 19.8. The van der Waals surface area contributed by atoms with Gasteiger partial charge in [0.05, 0.1) is 5.69 Å². The summed E-state index contributed by atoms with van der Waals surface area (Å²) in [5, 5.41) is 5.65. The van der Waals surface area contributed by atoms with Crippen LogP contribution in [-0.4, -0.2) is 19.3 Å². The van der Waals surface area contributed by atoms with Gasteiger partial charge in [-0.25, -0.2) is 13.8 Å². The summed E-state index contributed by atoms with van der Waals surface area (Å²) in [4.78, 5) is 4.43. The molecule has 0 saturated heterocycles. The molecule has 2 atom stereocenters. The Morgan fingerprint density at radius 3 is 2.72 bits per heavy atom. The third kappa shape index (κ3) is 2.93. The predicted octanol–water partition coefficient (Wildman–Crippen LogP) is 5.95. The molecule has 2 aliphatic heterocycles. The van der Waals surface area contributed by atoms with Crippen LogP contribution in [0.3, 0.4) is 0 Å². The number of ether oxygens (including phenoxy) is 1. The summed E-state index contributed by atoms with van der Waals surface area (Å²) < 4.78 is 39.3. The van der Waals surface area contributed by atoms with Gasteiger partial charge in [0.15, 0.2) is 11.6 Å². The lowest BCUT2D eigenvalue weighted by molar-refractivity contribution is 0.227. The van der Waals surface area contributed by atoms with Gasteiger partial charge >= 0.3 is 0 Å². The van der Waals surface area contributed by atoms with Crippen molar-refractivity contribution in [3.8, 4) is 28.1 Å². The molecule has 2 bridgehead atoms. The minimum absolute atomic E-state index is 0.00807. The van der Waals surface area contributed by atoms with Crippen molar-refractivity contribution in [2.75, 3.05) is 5.73 Å². The molecule has 180 valence electrons. The number of hydrogen-bond donors (Lipinski definition) is 1. The Morgan fingerprint density at radius 2 is 1.86 bits per heavy atom. The fourth-order valence-electron chi connectivity index (χ4n) is 5.95. The second-order valence-electron chi connectivity index (χ2n) is 9.62. The number of rotatable bonds is 0. The maximum Gasteiger partial charge on any atom is 0.166 e. The summed E-state index contributed by atoms with van der Waals surface area (Å²) in [5.74, 6) is 0.00274. The highest BCUT2D eigenvalue weighted by molar-refractivity contribution is 5.99. The Labute approximate surface area is 205 Å². The second kappa shape index (κ2) is 7.40. The van der Waals surface area contributed by atoms with E-state index in [1.54, 1.807) is 23.0 Å². The molecule has 7 rings (SSSR count). The fraction of sp³-hybridized carbons (Fsp3) is 0.214. The topological polar surface area (TPSA) is 70.9 Å². The molecule has 5 aromatic rings. The standard InChI is InChI=1S/C28H23F2N5O/c1-14-20-10-16(29)3-5-18(20)26-22(13-34(2)33-26)19-7-8-35-23-6-4-17(30)11-21(23)25(27(19)35)15-9-24(36-14)28(31)32-12-15/h3-6,9-14,19H,7-8H2,1-2H3,(H2,31,32)/t14-,19-/m1/s1. The molecule has 0 fully saturated rings. The van der Waals surface area contributed by atoms with Crippen molar-refractivity contribution in [3.63, 3.8) is 0 Å². The van der Waals surface area contributed by atoms with E-state index in [0.29, 0.717) is 11.3 Å². The number of nitrogen functional groups attached to an aromatic ring is 1. The number of benzene rings is 2. The van der Waals surface area contributed by atoms with Crippen molar-refractivity contribution in [1.29, 1.82) is 0 Å². The molecule has 0 unspecified atom stereocenters. The van der Waals surface area contributed by atoms with Crippen molar-refractivity contribution < 1.29 is 13.5 Å². The summed E-state index contributed by atoms with van der Waals surface area (Å²) in [6.45, 7) is 2.65. The van der Waals surface area contributed by atoms with Crippen molar-refractivity contribution in [1.82, 2.24) is 19.3 Å². The third-order valence-electron chi connectivity index (χ3n) is 7.45. The summed E-state index contributed by atoms with van der Waals surface area (Å²) in [5.41, 5.74) is 13.3. The van der Waals surface area contributed by atoms with E-state index >= 15 is 0 Å². The van der Waals surface area contributed by atoms with Gasteiger partial charge in [-0.1, -0.05) is 0 Å². The molecule has 0 saturated carbocycles. The van der Waals surface area contributed by atoms with Crippen LogP contribution in [0, 0.1) is 11.6 Å². The first-order chi connectivity index (χ1) is 17.4. The zero-order chi connectivity index (χ0) is 24.7. The zero-order valence-electron chi connectivity index (χ0n) is 19.8. The number of pyridine rings is 1. The Morgan fingerprint density at radius 1 is 1.06 bits per heavy atom. The minimum Gasteiger partial charge on any atom is -0.482 e. The lowest BCUT2D eigenvalue weighted by Gasteiger charge is -2.22. The van der Waals surface area contributed by atoms with Crippen molar-refractivity contribution in [2.45, 2.75) is 31.9 Å². The number of fused-ring (bicyclic) bond motifs is 10. The Balaban J connectivity index is 1.62. The van der Waals surface area contributed by atoms with Gasteiger partial charge in [0.2, 0.25) is 0 Å². The smallest absolute Gasteiger partial charge is 0.166 e. The number of halogens is 2. The molecular formula is C28H23F2N5O. The number of hydrogen-bond acceptors (Lipinski definition) is 4. The van der Waals surface area contributed by atoms with Crippen molar-refractivity contribution in [2.24, 2.45) is 7.05 Å². The van der Waals surface area contributed by atoms with Gasteiger partial charge in [-0.15, -0.1) is 0 Å². The quantitative estimate of drug-likeness (QED) is 0.295. The largest absolute Gasteiger partial charge is 0.482 e. The Hall–Kier alpha value is -4.20. The van der Waals surface area contributed by atoms with Crippen LogP contribution >= 0.6 is 0 Å². The predicted molar refractivity (Wildman–Crippen MR) is 134 cm³/mol. The molecule has 0 amide bonds. The number of aromatic nitrogens is 4. The van der Waals surface area contributed by atoms with Crippen LogP contribution in [-0.2, 0) is 13.6 Å². The lowest BCUT2D eigenvalue weighted by atomic mass is 9.87. The normalized spacial score (nSPS) is 18.1. The van der Waals surface area contributed by atoms with Gasteiger partial charge in [0.1, 0.15) is 17.7 Å². The molecule has 2 aromatic carbocycles. The highest BCUT2D eigenvalue weighted by Gasteiger charge is 2.35. The van der Waals surface area contributed by atoms with Crippen molar-refractivity contribution >= 4 is 16.7 Å². The monoisotopic (exact) mass is 483 g/mol. The Bertz CT molecular complexity index is 1700. The molecule has 0 radical (unpaired) electrons. The van der Waals surface area contributed by atoms with E-state index in [9.17, 15) is 8.78 Å². The number of nitrogens with two attached hydrogens (primary N) is 1. The minimum atomic E-state index is -0.522. The molecule has 8 heteroatoms. The van der Waals surface area contributed by atoms with E-state index in [1.165, 1.54) is 18.2 Å². The lowest BCUT2D eigenvalue weighted by Crippen LogP contribution is -2.10. The van der Waals surface area contributed by atoms with Crippen LogP contribution in [0.2, 0.25) is 0 Å². The van der Waals surface area contributed by atoms with Crippen LogP contribution in [0.15, 0.2) is 54.9 Å². The molecule has 0 spiro atoms. The molecule has 0 aliphatic carbocycles. The molecule has 3 aromatic heterocycles. The van der Waals surface area contributed by atoms with E-state index in [0.717, 1.165) is 57.5 Å². The molecule has 2 N–H and O–H groups in total. The summed E-state index contributed by atoms with van der Waals surface area (Å²) in [6.07, 6.45) is 4.10. The molecule has 36 heavy (non-hydrogen) atoms. The van der Waals surface area contributed by atoms with E-state index in [1.807, 2.05) is 32.3 Å². The second-order valence-corrected chi connectivity index (χ2v) is 9.62. The SMILES string of the molecule is C[C@H]1Oc2cc(cnc2N)-c2c3n(c4ccc(F)cc24)CC[C@@H]3c2cn(C)nc2-c2ccc(F)cc21. The van der Waals surface area contributed by atoms with Crippen LogP contribution in [0.1, 0.15) is 42.2 Å². The summed E-state index contributed by atoms with van der Waals surface area (Å²) in [6, 6.07) is 11.5. The van der Waals surface area contributed by atoms with E-state index < -0.39 is 6.10 Å². The summed E-state index contributed by atoms with van der Waals surface area (Å²) >= 11 is 0. The average molecular weight is 484 g/mol. The van der Waals surface area contributed by atoms with E-state index in [-0.39, 0.29) is 23.4 Å². The van der Waals surface area contributed by atoms with Gasteiger partial charge in [0.25, 0.3) is 0 Å². The van der Waals surface area contributed by atoms with Crippen LogP contribution in [0.5, 0.6) is 5.75 Å². The highest BCUT2D eigenvalue weighted by Crippen LogP contribution is 2.49. The average Bonchev–Trinajstić information content (AvgIpc) is 3.52. The first-order valence-corrected chi connectivity index (χ1v) is 12.0. The molecule has 2 aliphatic rings. The first kappa shape index (κ1) is 21.1. The van der Waals surface area contributed by atoms with Gasteiger partial charge in [-0.2, -0.15) is 5.10 Å².